The SMILES string of the molecule is CC(C)c1nc(C(C)(C)CCCc2cccc(-c3nn(C(C)C)nc3-c3ccccc3)c2)cs1. The molecule has 0 N–H and O–H groups in total. The summed E-state index contributed by atoms with van der Waals surface area (Å²) in [5, 5.41) is 13.2. The Morgan fingerprint density at radius 3 is 2.21 bits per heavy atom. The summed E-state index contributed by atoms with van der Waals surface area (Å²) < 4.78 is 0. The van der Waals surface area contributed by atoms with Gasteiger partial charge in [-0.2, -0.15) is 15.0 Å². The Bertz CT molecular complexity index is 1220. The predicted molar refractivity (Wildman–Crippen MR) is 143 cm³/mol. The average molecular weight is 473 g/mol. The smallest absolute Gasteiger partial charge is 0.121 e. The summed E-state index contributed by atoms with van der Waals surface area (Å²) in [7, 11) is 0. The maximum atomic E-state index is 4.92. The number of benzene rings is 2. The fraction of sp³-hybridized carbons (Fsp3) is 0.414. The van der Waals surface area contributed by atoms with Crippen LogP contribution < -0.4 is 0 Å². The third-order valence-electron chi connectivity index (χ3n) is 6.32. The van der Waals surface area contributed by atoms with E-state index in [1.165, 1.54) is 16.3 Å². The minimum absolute atomic E-state index is 0.0850. The largest absolute Gasteiger partial charge is 0.245 e. The summed E-state index contributed by atoms with van der Waals surface area (Å²) in [5.41, 5.74) is 6.77. The molecule has 2 heterocycles. The Kier molecular flexibility index (Phi) is 7.32. The zero-order valence-corrected chi connectivity index (χ0v) is 22.1. The van der Waals surface area contributed by atoms with Crippen molar-refractivity contribution < 1.29 is 0 Å². The Hall–Kier alpha value is -2.79. The van der Waals surface area contributed by atoms with Crippen molar-refractivity contribution in [2.45, 2.75) is 78.2 Å². The number of aromatic nitrogens is 4. The Morgan fingerprint density at radius 2 is 1.56 bits per heavy atom. The van der Waals surface area contributed by atoms with Gasteiger partial charge in [0.25, 0.3) is 0 Å². The fourth-order valence-corrected chi connectivity index (χ4v) is 5.17. The lowest BCUT2D eigenvalue weighted by Crippen LogP contribution is -2.18. The van der Waals surface area contributed by atoms with Crippen molar-refractivity contribution >= 4 is 11.3 Å². The predicted octanol–water partition coefficient (Wildman–Crippen LogP) is 8.07. The van der Waals surface area contributed by atoms with Gasteiger partial charge >= 0.3 is 0 Å². The maximum absolute atomic E-state index is 4.92. The molecule has 2 aromatic carbocycles. The molecule has 0 aliphatic rings. The van der Waals surface area contributed by atoms with Gasteiger partial charge in [0, 0.05) is 27.8 Å². The van der Waals surface area contributed by atoms with Gasteiger partial charge in [-0.3, -0.25) is 0 Å². The van der Waals surface area contributed by atoms with Crippen LogP contribution in [0.15, 0.2) is 60.0 Å². The molecule has 0 atom stereocenters. The highest BCUT2D eigenvalue weighted by Gasteiger charge is 2.24. The normalized spacial score (nSPS) is 12.1. The maximum Gasteiger partial charge on any atom is 0.121 e. The van der Waals surface area contributed by atoms with Crippen molar-refractivity contribution in [3.8, 4) is 22.5 Å². The molecule has 0 unspecified atom stereocenters. The summed E-state index contributed by atoms with van der Waals surface area (Å²) in [4.78, 5) is 6.74. The molecule has 5 heteroatoms. The van der Waals surface area contributed by atoms with Crippen molar-refractivity contribution in [2.24, 2.45) is 0 Å². The second-order valence-corrected chi connectivity index (χ2v) is 11.2. The lowest BCUT2D eigenvalue weighted by Gasteiger charge is -2.22. The van der Waals surface area contributed by atoms with Crippen molar-refractivity contribution in [1.29, 1.82) is 0 Å². The molecule has 0 amide bonds. The van der Waals surface area contributed by atoms with Gasteiger partial charge in [-0.15, -0.1) is 11.3 Å². The van der Waals surface area contributed by atoms with Crippen LogP contribution in [-0.4, -0.2) is 20.0 Å². The number of thiazole rings is 1. The van der Waals surface area contributed by atoms with Gasteiger partial charge in [0.15, 0.2) is 0 Å². The second-order valence-electron chi connectivity index (χ2n) is 10.3. The van der Waals surface area contributed by atoms with Gasteiger partial charge in [0.1, 0.15) is 11.4 Å². The van der Waals surface area contributed by atoms with E-state index < -0.39 is 0 Å². The molecule has 2 aromatic heterocycles. The zero-order valence-electron chi connectivity index (χ0n) is 21.2. The molecule has 0 bridgehead atoms. The van der Waals surface area contributed by atoms with Crippen LogP contribution in [0.25, 0.3) is 22.5 Å². The Morgan fingerprint density at radius 1 is 0.882 bits per heavy atom. The molecule has 4 rings (SSSR count). The molecule has 0 spiro atoms. The third kappa shape index (κ3) is 5.47. The lowest BCUT2D eigenvalue weighted by atomic mass is 9.84. The van der Waals surface area contributed by atoms with E-state index in [0.717, 1.165) is 41.8 Å². The van der Waals surface area contributed by atoms with Crippen LogP contribution in [0.1, 0.15) is 82.6 Å². The summed E-state index contributed by atoms with van der Waals surface area (Å²) >= 11 is 1.79. The van der Waals surface area contributed by atoms with Crippen LogP contribution >= 0.6 is 11.3 Å². The van der Waals surface area contributed by atoms with Crippen molar-refractivity contribution in [2.75, 3.05) is 0 Å². The van der Waals surface area contributed by atoms with Gasteiger partial charge in [-0.1, -0.05) is 76.2 Å². The molecule has 4 aromatic rings. The molecule has 0 fully saturated rings. The molecule has 0 radical (unpaired) electrons. The van der Waals surface area contributed by atoms with E-state index in [1.807, 2.05) is 10.9 Å². The van der Waals surface area contributed by atoms with E-state index in [0.29, 0.717) is 5.92 Å². The molecule has 0 saturated heterocycles. The second kappa shape index (κ2) is 10.2. The van der Waals surface area contributed by atoms with Gasteiger partial charge in [-0.25, -0.2) is 4.98 Å². The molecule has 0 aliphatic carbocycles. The third-order valence-corrected chi connectivity index (χ3v) is 7.46. The monoisotopic (exact) mass is 472 g/mol. The minimum Gasteiger partial charge on any atom is -0.245 e. The molecule has 0 aliphatic heterocycles. The summed E-state index contributed by atoms with van der Waals surface area (Å²) in [6, 6.07) is 19.4. The van der Waals surface area contributed by atoms with Crippen LogP contribution in [-0.2, 0) is 11.8 Å². The number of nitrogens with zero attached hydrogens (tertiary/aromatic N) is 4. The first-order chi connectivity index (χ1) is 16.2. The molecular formula is C29H36N4S. The highest BCUT2D eigenvalue weighted by molar-refractivity contribution is 7.09. The van der Waals surface area contributed by atoms with Gasteiger partial charge < -0.3 is 0 Å². The fourth-order valence-electron chi connectivity index (χ4n) is 4.14. The first-order valence-corrected chi connectivity index (χ1v) is 13.2. The van der Waals surface area contributed by atoms with E-state index >= 15 is 0 Å². The number of hydrogen-bond donors (Lipinski definition) is 0. The van der Waals surface area contributed by atoms with Gasteiger partial charge in [0.05, 0.1) is 16.7 Å². The van der Waals surface area contributed by atoms with E-state index in [9.17, 15) is 0 Å². The molecule has 178 valence electrons. The van der Waals surface area contributed by atoms with Crippen LogP contribution in [0.3, 0.4) is 0 Å². The topological polar surface area (TPSA) is 43.6 Å². The number of aryl methyl sites for hydroxylation is 1. The highest BCUT2D eigenvalue weighted by atomic mass is 32.1. The van der Waals surface area contributed by atoms with Crippen LogP contribution in [0.5, 0.6) is 0 Å². The van der Waals surface area contributed by atoms with Crippen LogP contribution in [0.4, 0.5) is 0 Å². The zero-order chi connectivity index (χ0) is 24.3. The molecular weight excluding hydrogens is 436 g/mol. The van der Waals surface area contributed by atoms with Crippen molar-refractivity contribution in [1.82, 2.24) is 20.0 Å². The molecule has 4 nitrogen and oxygen atoms in total. The average Bonchev–Trinajstić information content (AvgIpc) is 3.49. The summed E-state index contributed by atoms with van der Waals surface area (Å²) in [6.07, 6.45) is 3.27. The van der Waals surface area contributed by atoms with Crippen molar-refractivity contribution in [3.05, 3.63) is 76.2 Å². The van der Waals surface area contributed by atoms with E-state index in [1.54, 1.807) is 11.3 Å². The van der Waals surface area contributed by atoms with E-state index in [4.69, 9.17) is 15.2 Å². The summed E-state index contributed by atoms with van der Waals surface area (Å²) in [6.45, 7) is 13.3. The standard InChI is InChI=1S/C29H36N4S/c1-20(2)28-30-25(19-34-28)29(5,6)17-11-13-22-12-10-16-24(18-22)27-26(23-14-8-7-9-15-23)31-33(32-27)21(3)4/h7-10,12,14-16,18-21H,11,13,17H2,1-6H3. The van der Waals surface area contributed by atoms with E-state index in [-0.39, 0.29) is 11.5 Å². The minimum atomic E-state index is 0.0850. The first-order valence-electron chi connectivity index (χ1n) is 12.3. The molecule has 34 heavy (non-hydrogen) atoms. The lowest BCUT2D eigenvalue weighted by molar-refractivity contribution is 0.449. The van der Waals surface area contributed by atoms with Crippen LogP contribution in [0.2, 0.25) is 0 Å². The van der Waals surface area contributed by atoms with Crippen molar-refractivity contribution in [3.63, 3.8) is 0 Å². The quantitative estimate of drug-likeness (QED) is 0.247. The highest BCUT2D eigenvalue weighted by Crippen LogP contribution is 2.33. The van der Waals surface area contributed by atoms with Gasteiger partial charge in [-0.05, 0) is 44.7 Å². The van der Waals surface area contributed by atoms with Crippen LogP contribution in [0, 0.1) is 0 Å². The Balaban J connectivity index is 1.51. The summed E-state index contributed by atoms with van der Waals surface area (Å²) in [5.74, 6) is 0.492. The molecule has 0 saturated carbocycles. The number of rotatable bonds is 9. The van der Waals surface area contributed by atoms with Gasteiger partial charge in [0.2, 0.25) is 0 Å². The number of hydrogen-bond acceptors (Lipinski definition) is 4. The Labute approximate surface area is 208 Å². The van der Waals surface area contributed by atoms with E-state index in [2.05, 4.69) is 95.5 Å². The first kappa shape index (κ1) is 24.3.